The Hall–Kier alpha value is -2.24. The van der Waals surface area contributed by atoms with E-state index in [1.165, 1.54) is 36.2 Å². The molecule has 0 spiro atoms. The quantitative estimate of drug-likeness (QED) is 0.614. The summed E-state index contributed by atoms with van der Waals surface area (Å²) in [6.45, 7) is 1.15. The average Bonchev–Trinajstić information content (AvgIpc) is 3.57. The van der Waals surface area contributed by atoms with E-state index in [0.717, 1.165) is 33.8 Å². The number of H-pyrrole nitrogens is 1. The van der Waals surface area contributed by atoms with Crippen molar-refractivity contribution in [2.45, 2.75) is 37.6 Å². The summed E-state index contributed by atoms with van der Waals surface area (Å²) in [4.78, 5) is 27.0. The van der Waals surface area contributed by atoms with Crippen LogP contribution in [0, 0.1) is 5.92 Å². The van der Waals surface area contributed by atoms with Crippen LogP contribution in [0.4, 0.5) is 0 Å². The van der Waals surface area contributed by atoms with Gasteiger partial charge in [-0.1, -0.05) is 35.6 Å². The fourth-order valence-corrected chi connectivity index (χ4v) is 4.56. The zero-order valence-electron chi connectivity index (χ0n) is 15.0. The molecule has 2 fully saturated rings. The van der Waals surface area contributed by atoms with E-state index in [9.17, 15) is 9.59 Å². The molecule has 5 rings (SSSR count). The number of benzene rings is 2. The van der Waals surface area contributed by atoms with Crippen molar-refractivity contribution in [3.05, 3.63) is 68.8 Å². The maximum Gasteiger partial charge on any atom is 0.305 e. The van der Waals surface area contributed by atoms with Gasteiger partial charge in [-0.05, 0) is 61.1 Å². The highest BCUT2D eigenvalue weighted by molar-refractivity contribution is 7.16. The molecule has 0 amide bonds. The minimum absolute atomic E-state index is 0.0598. The minimum Gasteiger partial charge on any atom is -0.313 e. The molecule has 5 heteroatoms. The largest absolute Gasteiger partial charge is 0.313 e. The second-order valence-corrected chi connectivity index (χ2v) is 8.89. The molecule has 3 aromatic rings. The van der Waals surface area contributed by atoms with Crippen LogP contribution in [0.3, 0.4) is 0 Å². The first-order valence-corrected chi connectivity index (χ1v) is 10.5. The molecule has 1 aromatic heterocycles. The number of rotatable bonds is 7. The topological polar surface area (TPSA) is 62.0 Å². The van der Waals surface area contributed by atoms with E-state index in [2.05, 4.69) is 22.4 Å². The number of hydrogen-bond acceptors (Lipinski definition) is 4. The van der Waals surface area contributed by atoms with Crippen LogP contribution in [0.2, 0.25) is 0 Å². The van der Waals surface area contributed by atoms with Gasteiger partial charge in [0.05, 0.1) is 10.2 Å². The first-order valence-electron chi connectivity index (χ1n) is 9.64. The fraction of sp³-hybridized carbons (Fsp3) is 0.364. The fourth-order valence-electron chi connectivity index (χ4n) is 3.76. The van der Waals surface area contributed by atoms with Gasteiger partial charge >= 0.3 is 4.87 Å². The van der Waals surface area contributed by atoms with Gasteiger partial charge in [-0.15, -0.1) is 0 Å². The second kappa shape index (κ2) is 6.73. The molecule has 2 saturated carbocycles. The highest BCUT2D eigenvalue weighted by Gasteiger charge is 2.39. The Morgan fingerprint density at radius 1 is 1.19 bits per heavy atom. The van der Waals surface area contributed by atoms with Crippen molar-refractivity contribution in [3.63, 3.8) is 0 Å². The number of carbonyl (C=O) groups excluding carboxylic acids is 1. The Morgan fingerprint density at radius 3 is 2.93 bits per heavy atom. The highest BCUT2D eigenvalue weighted by Crippen LogP contribution is 2.42. The number of aromatic nitrogens is 1. The lowest BCUT2D eigenvalue weighted by Gasteiger charge is -2.06. The van der Waals surface area contributed by atoms with Gasteiger partial charge < -0.3 is 10.3 Å². The van der Waals surface area contributed by atoms with E-state index in [0.29, 0.717) is 18.4 Å². The predicted octanol–water partition coefficient (Wildman–Crippen LogP) is 3.87. The van der Waals surface area contributed by atoms with Gasteiger partial charge in [-0.2, -0.15) is 0 Å². The summed E-state index contributed by atoms with van der Waals surface area (Å²) in [5, 5.41) is 3.66. The van der Waals surface area contributed by atoms with Crippen LogP contribution in [0.1, 0.15) is 46.7 Å². The minimum atomic E-state index is -0.0598. The van der Waals surface area contributed by atoms with Gasteiger partial charge in [-0.3, -0.25) is 9.59 Å². The van der Waals surface area contributed by atoms with Crippen LogP contribution in [-0.4, -0.2) is 23.4 Å². The molecule has 0 saturated heterocycles. The maximum absolute atomic E-state index is 12.8. The molecular formula is C22H22N2O2S. The van der Waals surface area contributed by atoms with Gasteiger partial charge in [0.15, 0.2) is 5.78 Å². The van der Waals surface area contributed by atoms with Crippen molar-refractivity contribution in [1.82, 2.24) is 10.3 Å². The third-order valence-electron chi connectivity index (χ3n) is 5.64. The summed E-state index contributed by atoms with van der Waals surface area (Å²) >= 11 is 1.19. The van der Waals surface area contributed by atoms with Gasteiger partial charge in [0, 0.05) is 23.9 Å². The molecule has 2 unspecified atom stereocenters. The van der Waals surface area contributed by atoms with E-state index in [-0.39, 0.29) is 10.7 Å². The van der Waals surface area contributed by atoms with Crippen LogP contribution in [0.25, 0.3) is 10.2 Å². The lowest BCUT2D eigenvalue weighted by atomic mass is 9.99. The highest BCUT2D eigenvalue weighted by atomic mass is 32.1. The zero-order valence-corrected chi connectivity index (χ0v) is 15.9. The maximum atomic E-state index is 12.8. The third kappa shape index (κ3) is 3.75. The van der Waals surface area contributed by atoms with Crippen molar-refractivity contribution < 1.29 is 4.79 Å². The van der Waals surface area contributed by atoms with E-state index < -0.39 is 0 Å². The van der Waals surface area contributed by atoms with Crippen LogP contribution in [0.5, 0.6) is 0 Å². The number of hydrogen-bond donors (Lipinski definition) is 2. The first-order chi connectivity index (χ1) is 13.2. The molecule has 0 aliphatic heterocycles. The normalized spacial score (nSPS) is 21.5. The summed E-state index contributed by atoms with van der Waals surface area (Å²) in [6, 6.07) is 14.4. The molecule has 2 aliphatic rings. The van der Waals surface area contributed by atoms with E-state index in [1.807, 2.05) is 30.3 Å². The summed E-state index contributed by atoms with van der Waals surface area (Å²) in [5.41, 5.74) is 3.83. The van der Waals surface area contributed by atoms with E-state index in [1.54, 1.807) is 0 Å². The summed E-state index contributed by atoms with van der Waals surface area (Å²) < 4.78 is 0.904. The number of Topliss-reactive ketones (excluding diaryl/α,β-unsaturated/α-hetero) is 1. The van der Waals surface area contributed by atoms with Crippen LogP contribution < -0.4 is 10.2 Å². The zero-order chi connectivity index (χ0) is 18.4. The number of aromatic amines is 1. The SMILES string of the molecule is O=C(Cc1ccc2[nH]c(=O)sc2c1)c1cccc(C2CC2NCC2CC2)c1. The molecule has 2 aromatic carbocycles. The van der Waals surface area contributed by atoms with Crippen molar-refractivity contribution in [2.24, 2.45) is 5.92 Å². The Labute approximate surface area is 161 Å². The molecule has 1 heterocycles. The van der Waals surface area contributed by atoms with Crippen molar-refractivity contribution >= 4 is 27.3 Å². The van der Waals surface area contributed by atoms with Crippen molar-refractivity contribution in [2.75, 3.05) is 6.54 Å². The molecule has 2 aliphatic carbocycles. The molecular weight excluding hydrogens is 356 g/mol. The van der Waals surface area contributed by atoms with Crippen molar-refractivity contribution in [3.8, 4) is 0 Å². The number of nitrogens with one attached hydrogen (secondary N) is 2. The lowest BCUT2D eigenvalue weighted by Crippen LogP contribution is -2.20. The average molecular weight is 378 g/mol. The first kappa shape index (κ1) is 16.9. The van der Waals surface area contributed by atoms with Crippen LogP contribution >= 0.6 is 11.3 Å². The number of thiazole rings is 1. The molecule has 0 radical (unpaired) electrons. The molecule has 4 nitrogen and oxygen atoms in total. The van der Waals surface area contributed by atoms with E-state index in [4.69, 9.17) is 0 Å². The van der Waals surface area contributed by atoms with Gasteiger partial charge in [0.2, 0.25) is 0 Å². The van der Waals surface area contributed by atoms with Gasteiger partial charge in [0.25, 0.3) is 0 Å². The Kier molecular flexibility index (Phi) is 4.21. The summed E-state index contributed by atoms with van der Waals surface area (Å²) in [5.74, 6) is 1.57. The molecule has 27 heavy (non-hydrogen) atoms. The molecule has 0 bridgehead atoms. The lowest BCUT2D eigenvalue weighted by molar-refractivity contribution is 0.0993. The number of ketones is 1. The number of fused-ring (bicyclic) bond motifs is 1. The van der Waals surface area contributed by atoms with Gasteiger partial charge in [0.1, 0.15) is 0 Å². The third-order valence-corrected chi connectivity index (χ3v) is 6.49. The van der Waals surface area contributed by atoms with Gasteiger partial charge in [-0.25, -0.2) is 0 Å². The van der Waals surface area contributed by atoms with Crippen LogP contribution in [-0.2, 0) is 6.42 Å². The molecule has 2 N–H and O–H groups in total. The predicted molar refractivity (Wildman–Crippen MR) is 109 cm³/mol. The van der Waals surface area contributed by atoms with E-state index >= 15 is 0 Å². The standard InChI is InChI=1S/C22H22N2O2S/c25-20(8-14-6-7-18-21(9-14)27-22(26)24-18)16-3-1-2-15(10-16)17-11-19(17)23-12-13-4-5-13/h1-3,6-7,9-10,13,17,19,23H,4-5,8,11-12H2,(H,24,26). The smallest absolute Gasteiger partial charge is 0.305 e. The Morgan fingerprint density at radius 2 is 2.07 bits per heavy atom. The Bertz CT molecular complexity index is 1060. The van der Waals surface area contributed by atoms with Crippen LogP contribution in [0.15, 0.2) is 47.3 Å². The number of carbonyl (C=O) groups is 1. The molecule has 2 atom stereocenters. The summed E-state index contributed by atoms with van der Waals surface area (Å²) in [6.07, 6.45) is 4.28. The van der Waals surface area contributed by atoms with Crippen molar-refractivity contribution in [1.29, 1.82) is 0 Å². The Balaban J connectivity index is 1.27. The molecule has 138 valence electrons. The summed E-state index contributed by atoms with van der Waals surface area (Å²) in [7, 11) is 0. The second-order valence-electron chi connectivity index (χ2n) is 7.87. The monoisotopic (exact) mass is 378 g/mol.